The highest BCUT2D eigenvalue weighted by atomic mass is 16.2. The van der Waals surface area contributed by atoms with Crippen LogP contribution >= 0.6 is 0 Å². The maximum absolute atomic E-state index is 12.3. The van der Waals surface area contributed by atoms with E-state index in [0.717, 1.165) is 42.6 Å². The topological polar surface area (TPSA) is 75.4 Å². The predicted molar refractivity (Wildman–Crippen MR) is 87.5 cm³/mol. The number of hydrogen-bond donors (Lipinski definition) is 2. The summed E-state index contributed by atoms with van der Waals surface area (Å²) >= 11 is 0. The van der Waals surface area contributed by atoms with Crippen LogP contribution in [-0.2, 0) is 16.0 Å². The molecule has 1 aliphatic heterocycles. The second kappa shape index (κ2) is 7.40. The Hall–Kier alpha value is -1.88. The van der Waals surface area contributed by atoms with Crippen LogP contribution in [0.3, 0.4) is 0 Å². The van der Waals surface area contributed by atoms with Crippen LogP contribution in [0.15, 0.2) is 18.2 Å². The Morgan fingerprint density at radius 2 is 2.18 bits per heavy atom. The Balaban J connectivity index is 1.97. The van der Waals surface area contributed by atoms with Gasteiger partial charge in [0, 0.05) is 12.2 Å². The van der Waals surface area contributed by atoms with Crippen LogP contribution in [0.4, 0.5) is 5.69 Å². The molecule has 120 valence electrons. The van der Waals surface area contributed by atoms with Crippen LogP contribution < -0.4 is 11.1 Å². The monoisotopic (exact) mass is 303 g/mol. The van der Waals surface area contributed by atoms with Gasteiger partial charge in [0.05, 0.1) is 12.5 Å². The molecule has 5 nitrogen and oxygen atoms in total. The number of benzene rings is 1. The van der Waals surface area contributed by atoms with E-state index < -0.39 is 0 Å². The molecule has 1 heterocycles. The molecule has 0 spiro atoms. The zero-order valence-electron chi connectivity index (χ0n) is 13.4. The largest absolute Gasteiger partial charge is 0.369 e. The van der Waals surface area contributed by atoms with Gasteiger partial charge in [0.1, 0.15) is 0 Å². The van der Waals surface area contributed by atoms with Gasteiger partial charge in [0.2, 0.25) is 11.8 Å². The highest BCUT2D eigenvalue weighted by molar-refractivity contribution is 5.93. The Labute approximate surface area is 131 Å². The molecule has 0 bridgehead atoms. The van der Waals surface area contributed by atoms with E-state index in [0.29, 0.717) is 13.1 Å². The first kappa shape index (κ1) is 16.5. The lowest BCUT2D eigenvalue weighted by atomic mass is 9.97. The molecule has 0 saturated carbocycles. The molecule has 22 heavy (non-hydrogen) atoms. The smallest absolute Gasteiger partial charge is 0.238 e. The van der Waals surface area contributed by atoms with Crippen molar-refractivity contribution in [1.82, 2.24) is 4.90 Å². The van der Waals surface area contributed by atoms with Crippen LogP contribution in [0.2, 0.25) is 0 Å². The number of hydrogen-bond acceptors (Lipinski definition) is 3. The van der Waals surface area contributed by atoms with Crippen LogP contribution in [0.5, 0.6) is 0 Å². The predicted octanol–water partition coefficient (Wildman–Crippen LogP) is 1.69. The van der Waals surface area contributed by atoms with Gasteiger partial charge in [-0.05, 0) is 43.9 Å². The molecular formula is C17H25N3O2. The van der Waals surface area contributed by atoms with E-state index in [9.17, 15) is 9.59 Å². The first-order chi connectivity index (χ1) is 10.5. The molecule has 1 atom stereocenters. The van der Waals surface area contributed by atoms with Gasteiger partial charge in [-0.2, -0.15) is 0 Å². The van der Waals surface area contributed by atoms with Crippen LogP contribution in [-0.4, -0.2) is 36.3 Å². The van der Waals surface area contributed by atoms with Crippen molar-refractivity contribution in [2.24, 2.45) is 11.7 Å². The lowest BCUT2D eigenvalue weighted by Gasteiger charge is -2.30. The summed E-state index contributed by atoms with van der Waals surface area (Å²) in [5.41, 5.74) is 8.50. The van der Waals surface area contributed by atoms with Crippen molar-refractivity contribution in [3.05, 3.63) is 29.3 Å². The Morgan fingerprint density at radius 1 is 1.41 bits per heavy atom. The number of aryl methyl sites for hydroxylation is 2. The number of carbonyl (C=O) groups excluding carboxylic acids is 2. The number of nitrogens with one attached hydrogen (secondary N) is 1. The summed E-state index contributed by atoms with van der Waals surface area (Å²) < 4.78 is 0. The van der Waals surface area contributed by atoms with E-state index in [1.54, 1.807) is 0 Å². The third-order valence-electron chi connectivity index (χ3n) is 4.28. The van der Waals surface area contributed by atoms with Crippen molar-refractivity contribution >= 4 is 17.5 Å². The fourth-order valence-electron chi connectivity index (χ4n) is 3.02. The molecule has 5 heteroatoms. The van der Waals surface area contributed by atoms with Crippen molar-refractivity contribution in [1.29, 1.82) is 0 Å². The molecule has 1 saturated heterocycles. The minimum Gasteiger partial charge on any atom is -0.369 e. The van der Waals surface area contributed by atoms with Crippen molar-refractivity contribution in [2.45, 2.75) is 33.1 Å². The van der Waals surface area contributed by atoms with Gasteiger partial charge in [0.15, 0.2) is 0 Å². The Kier molecular flexibility index (Phi) is 5.55. The van der Waals surface area contributed by atoms with Gasteiger partial charge in [-0.1, -0.05) is 25.1 Å². The first-order valence-corrected chi connectivity index (χ1v) is 7.91. The minimum absolute atomic E-state index is 0.0332. The SMILES string of the molecule is CCc1cccc(C)c1NC(=O)CN1CCC[C@H](C(N)=O)C1. The molecule has 1 aliphatic rings. The molecule has 0 unspecified atom stereocenters. The summed E-state index contributed by atoms with van der Waals surface area (Å²) in [5, 5.41) is 3.02. The third-order valence-corrected chi connectivity index (χ3v) is 4.28. The second-order valence-corrected chi connectivity index (χ2v) is 5.99. The number of rotatable bonds is 5. The van der Waals surface area contributed by atoms with E-state index in [4.69, 9.17) is 5.73 Å². The van der Waals surface area contributed by atoms with E-state index in [-0.39, 0.29) is 17.7 Å². The molecule has 0 aliphatic carbocycles. The Morgan fingerprint density at radius 3 is 2.86 bits per heavy atom. The van der Waals surface area contributed by atoms with Crippen LogP contribution in [0.25, 0.3) is 0 Å². The molecule has 0 radical (unpaired) electrons. The quantitative estimate of drug-likeness (QED) is 0.869. The Bertz CT molecular complexity index is 557. The molecule has 2 rings (SSSR count). The van der Waals surface area contributed by atoms with E-state index >= 15 is 0 Å². The van der Waals surface area contributed by atoms with Gasteiger partial charge in [-0.15, -0.1) is 0 Å². The van der Waals surface area contributed by atoms with Crippen LogP contribution in [0, 0.1) is 12.8 Å². The standard InChI is InChI=1S/C17H25N3O2/c1-3-13-7-4-6-12(2)16(13)19-15(21)11-20-9-5-8-14(10-20)17(18)22/h4,6-7,14H,3,5,8-11H2,1-2H3,(H2,18,22)(H,19,21)/t14-/m0/s1. The van der Waals surface area contributed by atoms with Gasteiger partial charge >= 0.3 is 0 Å². The number of likely N-dealkylation sites (tertiary alicyclic amines) is 1. The van der Waals surface area contributed by atoms with Crippen molar-refractivity contribution in [3.63, 3.8) is 0 Å². The normalized spacial score (nSPS) is 18.9. The zero-order chi connectivity index (χ0) is 16.1. The first-order valence-electron chi connectivity index (χ1n) is 7.91. The molecular weight excluding hydrogens is 278 g/mol. The van der Waals surface area contributed by atoms with Crippen molar-refractivity contribution in [2.75, 3.05) is 25.0 Å². The number of amides is 2. The van der Waals surface area contributed by atoms with E-state index in [1.807, 2.05) is 30.0 Å². The molecule has 3 N–H and O–H groups in total. The van der Waals surface area contributed by atoms with Crippen molar-refractivity contribution in [3.8, 4) is 0 Å². The number of primary amides is 1. The number of para-hydroxylation sites is 1. The van der Waals surface area contributed by atoms with E-state index in [2.05, 4.69) is 12.2 Å². The fraction of sp³-hybridized carbons (Fsp3) is 0.529. The number of anilines is 1. The molecule has 1 fully saturated rings. The zero-order valence-corrected chi connectivity index (χ0v) is 13.4. The summed E-state index contributed by atoms with van der Waals surface area (Å²) in [6.45, 7) is 5.80. The molecule has 0 aromatic heterocycles. The van der Waals surface area contributed by atoms with Gasteiger partial charge in [-0.25, -0.2) is 0 Å². The maximum atomic E-state index is 12.3. The number of nitrogens with two attached hydrogens (primary N) is 1. The maximum Gasteiger partial charge on any atom is 0.238 e. The van der Waals surface area contributed by atoms with E-state index in [1.165, 1.54) is 0 Å². The second-order valence-electron chi connectivity index (χ2n) is 5.99. The summed E-state index contributed by atoms with van der Waals surface area (Å²) in [6, 6.07) is 6.04. The lowest BCUT2D eigenvalue weighted by Crippen LogP contribution is -2.44. The molecule has 1 aromatic rings. The number of nitrogens with zero attached hydrogens (tertiary/aromatic N) is 1. The summed E-state index contributed by atoms with van der Waals surface area (Å²) in [6.07, 6.45) is 2.61. The molecule has 2 amide bonds. The molecule has 1 aromatic carbocycles. The van der Waals surface area contributed by atoms with Crippen molar-refractivity contribution < 1.29 is 9.59 Å². The summed E-state index contributed by atoms with van der Waals surface area (Å²) in [4.78, 5) is 25.6. The van der Waals surface area contributed by atoms with Crippen LogP contribution in [0.1, 0.15) is 30.9 Å². The number of carbonyl (C=O) groups is 2. The van der Waals surface area contributed by atoms with Gasteiger partial charge < -0.3 is 11.1 Å². The fourth-order valence-corrected chi connectivity index (χ4v) is 3.02. The highest BCUT2D eigenvalue weighted by Crippen LogP contribution is 2.21. The average Bonchev–Trinajstić information content (AvgIpc) is 2.49. The average molecular weight is 303 g/mol. The van der Waals surface area contributed by atoms with Gasteiger partial charge in [0.25, 0.3) is 0 Å². The highest BCUT2D eigenvalue weighted by Gasteiger charge is 2.25. The lowest BCUT2D eigenvalue weighted by molar-refractivity contribution is -0.125. The number of piperidine rings is 1. The summed E-state index contributed by atoms with van der Waals surface area (Å²) in [5.74, 6) is -0.433. The minimum atomic E-state index is -0.266. The third kappa shape index (κ3) is 4.07. The summed E-state index contributed by atoms with van der Waals surface area (Å²) in [7, 11) is 0. The van der Waals surface area contributed by atoms with Gasteiger partial charge in [-0.3, -0.25) is 14.5 Å².